The summed E-state index contributed by atoms with van der Waals surface area (Å²) < 4.78 is 5.32. The number of rotatable bonds is 0. The van der Waals surface area contributed by atoms with Crippen molar-refractivity contribution in [3.63, 3.8) is 0 Å². The van der Waals surface area contributed by atoms with E-state index in [1.165, 1.54) is 5.57 Å². The molecule has 0 aromatic carbocycles. The van der Waals surface area contributed by atoms with Crippen molar-refractivity contribution in [3.8, 4) is 0 Å². The maximum atomic E-state index is 11.6. The van der Waals surface area contributed by atoms with E-state index in [2.05, 4.69) is 26.5 Å². The fourth-order valence-electron chi connectivity index (χ4n) is 4.02. The molecule has 3 aliphatic rings. The van der Waals surface area contributed by atoms with E-state index < -0.39 is 17.7 Å². The Hall–Kier alpha value is -1.09. The topological polar surface area (TPSA) is 46.5 Å². The average molecular weight is 248 g/mol. The van der Waals surface area contributed by atoms with Crippen LogP contribution in [0.3, 0.4) is 0 Å². The SMILES string of the molecule is C=C1C(=O)OC2CC3(C)CCC=C(C)C3CC12O. The number of carbonyl (C=O) groups is 1. The molecule has 3 heteroatoms. The lowest BCUT2D eigenvalue weighted by Gasteiger charge is -2.51. The van der Waals surface area contributed by atoms with E-state index in [0.717, 1.165) is 19.3 Å². The van der Waals surface area contributed by atoms with Gasteiger partial charge in [0.25, 0.3) is 0 Å². The lowest BCUT2D eigenvalue weighted by molar-refractivity contribution is -0.149. The van der Waals surface area contributed by atoms with E-state index in [9.17, 15) is 9.90 Å². The molecule has 98 valence electrons. The number of aliphatic hydroxyl groups is 1. The van der Waals surface area contributed by atoms with Crippen LogP contribution in [0.4, 0.5) is 0 Å². The van der Waals surface area contributed by atoms with Crippen LogP contribution in [0.25, 0.3) is 0 Å². The Labute approximate surface area is 108 Å². The van der Waals surface area contributed by atoms with Crippen LogP contribution in [0.5, 0.6) is 0 Å². The van der Waals surface area contributed by atoms with Gasteiger partial charge < -0.3 is 9.84 Å². The van der Waals surface area contributed by atoms with Crippen LogP contribution in [0.1, 0.15) is 39.5 Å². The van der Waals surface area contributed by atoms with Crippen molar-refractivity contribution in [2.75, 3.05) is 0 Å². The number of ether oxygens (including phenoxy) is 1. The highest BCUT2D eigenvalue weighted by molar-refractivity contribution is 5.93. The molecular formula is C15H20O3. The monoisotopic (exact) mass is 248 g/mol. The molecule has 1 aliphatic heterocycles. The van der Waals surface area contributed by atoms with Gasteiger partial charge in [-0.1, -0.05) is 25.2 Å². The predicted octanol–water partition coefficient (Wildman–Crippen LogP) is 2.36. The van der Waals surface area contributed by atoms with Gasteiger partial charge in [-0.15, -0.1) is 0 Å². The number of carbonyl (C=O) groups excluding carboxylic acids is 1. The molecule has 0 amide bonds. The first-order valence-corrected chi connectivity index (χ1v) is 6.66. The summed E-state index contributed by atoms with van der Waals surface area (Å²) in [5.41, 5.74) is 0.574. The molecule has 0 radical (unpaired) electrons. The van der Waals surface area contributed by atoms with E-state index in [-0.39, 0.29) is 11.0 Å². The number of fused-ring (bicyclic) bond motifs is 2. The first kappa shape index (κ1) is 12.0. The van der Waals surface area contributed by atoms with Crippen LogP contribution in [-0.2, 0) is 9.53 Å². The molecule has 3 rings (SSSR count). The van der Waals surface area contributed by atoms with Gasteiger partial charge in [0.05, 0.1) is 5.57 Å². The molecular weight excluding hydrogens is 228 g/mol. The van der Waals surface area contributed by atoms with E-state index in [1.54, 1.807) is 0 Å². The molecule has 1 heterocycles. The summed E-state index contributed by atoms with van der Waals surface area (Å²) in [5.74, 6) is -0.0925. The van der Waals surface area contributed by atoms with Gasteiger partial charge in [0.1, 0.15) is 11.7 Å². The Morgan fingerprint density at radius 1 is 1.50 bits per heavy atom. The number of hydrogen-bond acceptors (Lipinski definition) is 3. The van der Waals surface area contributed by atoms with Crippen molar-refractivity contribution in [1.82, 2.24) is 0 Å². The van der Waals surface area contributed by atoms with Crippen molar-refractivity contribution in [1.29, 1.82) is 0 Å². The fourth-order valence-corrected chi connectivity index (χ4v) is 4.02. The van der Waals surface area contributed by atoms with E-state index in [1.807, 2.05) is 0 Å². The van der Waals surface area contributed by atoms with Gasteiger partial charge in [0.2, 0.25) is 0 Å². The van der Waals surface area contributed by atoms with Gasteiger partial charge in [-0.3, -0.25) is 0 Å². The zero-order valence-corrected chi connectivity index (χ0v) is 11.0. The molecule has 3 nitrogen and oxygen atoms in total. The number of allylic oxidation sites excluding steroid dienone is 2. The highest BCUT2D eigenvalue weighted by atomic mass is 16.6. The minimum Gasteiger partial charge on any atom is -0.455 e. The summed E-state index contributed by atoms with van der Waals surface area (Å²) in [6.45, 7) is 8.12. The van der Waals surface area contributed by atoms with Gasteiger partial charge >= 0.3 is 5.97 Å². The maximum Gasteiger partial charge on any atom is 0.336 e. The summed E-state index contributed by atoms with van der Waals surface area (Å²) in [5, 5.41) is 10.7. The van der Waals surface area contributed by atoms with Crippen molar-refractivity contribution in [3.05, 3.63) is 23.8 Å². The maximum absolute atomic E-state index is 11.6. The molecule has 0 bridgehead atoms. The molecule has 1 saturated carbocycles. The summed E-state index contributed by atoms with van der Waals surface area (Å²) in [6, 6.07) is 0. The third-order valence-electron chi connectivity index (χ3n) is 5.29. The van der Waals surface area contributed by atoms with Gasteiger partial charge in [-0.05, 0) is 43.9 Å². The largest absolute Gasteiger partial charge is 0.455 e. The molecule has 0 aromatic rings. The molecule has 18 heavy (non-hydrogen) atoms. The highest BCUT2D eigenvalue weighted by Crippen LogP contribution is 2.56. The Balaban J connectivity index is 2.01. The van der Waals surface area contributed by atoms with E-state index in [4.69, 9.17) is 4.74 Å². The van der Waals surface area contributed by atoms with Crippen LogP contribution < -0.4 is 0 Å². The summed E-state index contributed by atoms with van der Waals surface area (Å²) in [4.78, 5) is 11.6. The molecule has 0 spiro atoms. The second kappa shape index (κ2) is 3.47. The number of esters is 1. The standard InChI is InChI=1S/C15H20O3/c1-9-5-4-6-14(3)8-12-15(17,7-11(9)14)10(2)13(16)18-12/h5,11-12,17H,2,4,6-8H2,1,3H3. The Kier molecular flexibility index (Phi) is 2.31. The quantitative estimate of drug-likeness (QED) is 0.406. The first-order chi connectivity index (χ1) is 8.37. The Bertz CT molecular complexity index is 464. The summed E-state index contributed by atoms with van der Waals surface area (Å²) in [6.07, 6.45) is 5.36. The average Bonchev–Trinajstić information content (AvgIpc) is 2.50. The van der Waals surface area contributed by atoms with Crippen molar-refractivity contribution >= 4 is 5.97 Å². The van der Waals surface area contributed by atoms with Crippen LogP contribution >= 0.6 is 0 Å². The molecule has 0 aromatic heterocycles. The summed E-state index contributed by atoms with van der Waals surface area (Å²) >= 11 is 0. The highest BCUT2D eigenvalue weighted by Gasteiger charge is 2.60. The van der Waals surface area contributed by atoms with Gasteiger partial charge in [-0.2, -0.15) is 0 Å². The molecule has 4 unspecified atom stereocenters. The predicted molar refractivity (Wildman–Crippen MR) is 67.8 cm³/mol. The Morgan fingerprint density at radius 3 is 2.94 bits per heavy atom. The first-order valence-electron chi connectivity index (χ1n) is 6.66. The Morgan fingerprint density at radius 2 is 2.22 bits per heavy atom. The van der Waals surface area contributed by atoms with Crippen LogP contribution in [-0.4, -0.2) is 22.8 Å². The zero-order valence-electron chi connectivity index (χ0n) is 11.0. The minimum absolute atomic E-state index is 0.140. The molecule has 2 fully saturated rings. The normalized spacial score (nSPS) is 47.2. The fraction of sp³-hybridized carbons (Fsp3) is 0.667. The van der Waals surface area contributed by atoms with Crippen LogP contribution in [0, 0.1) is 11.3 Å². The lowest BCUT2D eigenvalue weighted by Crippen LogP contribution is -2.53. The second-order valence-corrected chi connectivity index (χ2v) is 6.40. The number of hydrogen-bond donors (Lipinski definition) is 1. The van der Waals surface area contributed by atoms with Gasteiger partial charge in [0.15, 0.2) is 0 Å². The van der Waals surface area contributed by atoms with Crippen LogP contribution in [0.15, 0.2) is 23.8 Å². The van der Waals surface area contributed by atoms with E-state index in [0.29, 0.717) is 12.3 Å². The summed E-state index contributed by atoms with van der Waals surface area (Å²) in [7, 11) is 0. The molecule has 2 aliphatic carbocycles. The lowest BCUT2D eigenvalue weighted by atomic mass is 9.55. The van der Waals surface area contributed by atoms with E-state index >= 15 is 0 Å². The molecule has 4 atom stereocenters. The third-order valence-corrected chi connectivity index (χ3v) is 5.29. The van der Waals surface area contributed by atoms with Crippen molar-refractivity contribution < 1.29 is 14.6 Å². The van der Waals surface area contributed by atoms with Crippen molar-refractivity contribution in [2.45, 2.75) is 51.2 Å². The van der Waals surface area contributed by atoms with Gasteiger partial charge in [0, 0.05) is 0 Å². The zero-order chi connectivity index (χ0) is 13.1. The molecule has 1 saturated heterocycles. The van der Waals surface area contributed by atoms with Gasteiger partial charge in [-0.25, -0.2) is 4.79 Å². The third kappa shape index (κ3) is 1.37. The second-order valence-electron chi connectivity index (χ2n) is 6.40. The molecule has 1 N–H and O–H groups in total. The smallest absolute Gasteiger partial charge is 0.336 e. The minimum atomic E-state index is -1.15. The van der Waals surface area contributed by atoms with Crippen LogP contribution in [0.2, 0.25) is 0 Å². The van der Waals surface area contributed by atoms with Crippen molar-refractivity contribution in [2.24, 2.45) is 11.3 Å².